The Balaban J connectivity index is 2.44. The monoisotopic (exact) mass is 322 g/mol. The summed E-state index contributed by atoms with van der Waals surface area (Å²) in [4.78, 5) is 0. The third-order valence-electron chi connectivity index (χ3n) is 2.65. The van der Waals surface area contributed by atoms with Gasteiger partial charge < -0.3 is 5.32 Å². The van der Waals surface area contributed by atoms with Crippen LogP contribution in [0.15, 0.2) is 36.4 Å². The van der Waals surface area contributed by atoms with Crippen molar-refractivity contribution < 1.29 is 30.7 Å². The first kappa shape index (κ1) is 16.1. The molecular formula is C14H7F7N. The molecule has 0 heterocycles. The van der Waals surface area contributed by atoms with Gasteiger partial charge in [-0.15, -0.1) is 0 Å². The van der Waals surface area contributed by atoms with Gasteiger partial charge in [-0.25, -0.2) is 4.39 Å². The number of alkyl halides is 6. The summed E-state index contributed by atoms with van der Waals surface area (Å²) in [7, 11) is 0. The molecule has 0 aliphatic rings. The second kappa shape index (κ2) is 5.51. The molecule has 0 fully saturated rings. The fourth-order valence-corrected chi connectivity index (χ4v) is 1.68. The maximum atomic E-state index is 12.7. The third kappa shape index (κ3) is 3.90. The molecule has 0 amide bonds. The Morgan fingerprint density at radius 1 is 0.773 bits per heavy atom. The standard InChI is InChI=1S/C14H7F7N/c15-10-1-3-11(4-2-10)22-12-6-8(13(16,17)18)5-9(7-12)14(19,20)21/h1,3-7,22H. The lowest BCUT2D eigenvalue weighted by Gasteiger charge is -2.15. The van der Waals surface area contributed by atoms with Crippen LogP contribution in [0, 0.1) is 11.9 Å². The molecule has 2 aromatic carbocycles. The predicted molar refractivity (Wildman–Crippen MR) is 65.0 cm³/mol. The summed E-state index contributed by atoms with van der Waals surface area (Å²) < 4.78 is 88.7. The Morgan fingerprint density at radius 2 is 1.32 bits per heavy atom. The van der Waals surface area contributed by atoms with Crippen molar-refractivity contribution >= 4 is 11.4 Å². The molecule has 0 aromatic heterocycles. The maximum Gasteiger partial charge on any atom is 0.416 e. The van der Waals surface area contributed by atoms with Crippen LogP contribution in [0.5, 0.6) is 0 Å². The van der Waals surface area contributed by atoms with Gasteiger partial charge in [-0.3, -0.25) is 0 Å². The molecule has 1 N–H and O–H groups in total. The molecule has 0 saturated carbocycles. The van der Waals surface area contributed by atoms with Gasteiger partial charge in [-0.2, -0.15) is 26.3 Å². The zero-order valence-corrected chi connectivity index (χ0v) is 10.6. The number of halogens is 7. The van der Waals surface area contributed by atoms with Crippen LogP contribution >= 0.6 is 0 Å². The third-order valence-corrected chi connectivity index (χ3v) is 2.65. The van der Waals surface area contributed by atoms with Crippen LogP contribution in [0.4, 0.5) is 42.1 Å². The van der Waals surface area contributed by atoms with Gasteiger partial charge in [0.25, 0.3) is 0 Å². The summed E-state index contributed by atoms with van der Waals surface area (Å²) in [5, 5.41) is 2.36. The van der Waals surface area contributed by atoms with Crippen LogP contribution in [0.25, 0.3) is 0 Å². The van der Waals surface area contributed by atoms with E-state index in [1.807, 2.05) is 0 Å². The van der Waals surface area contributed by atoms with E-state index in [2.05, 4.69) is 11.4 Å². The molecule has 0 unspecified atom stereocenters. The summed E-state index contributed by atoms with van der Waals surface area (Å²) >= 11 is 0. The SMILES string of the molecule is Fc1[c]cc(Nc2cc(C(F)(F)F)cc(C(F)(F)F)c2)cc1. The smallest absolute Gasteiger partial charge is 0.355 e. The van der Waals surface area contributed by atoms with Crippen LogP contribution in [-0.4, -0.2) is 0 Å². The van der Waals surface area contributed by atoms with Crippen LogP contribution in [0.2, 0.25) is 0 Å². The average Bonchev–Trinajstić information content (AvgIpc) is 2.39. The maximum absolute atomic E-state index is 12.7. The van der Waals surface area contributed by atoms with E-state index < -0.39 is 35.0 Å². The highest BCUT2D eigenvalue weighted by Crippen LogP contribution is 2.38. The second-order valence-corrected chi connectivity index (χ2v) is 4.34. The van der Waals surface area contributed by atoms with Gasteiger partial charge in [-0.1, -0.05) is 0 Å². The predicted octanol–water partition coefficient (Wildman–Crippen LogP) is 5.41. The van der Waals surface area contributed by atoms with E-state index in [4.69, 9.17) is 0 Å². The highest BCUT2D eigenvalue weighted by Gasteiger charge is 2.36. The minimum Gasteiger partial charge on any atom is -0.355 e. The highest BCUT2D eigenvalue weighted by atomic mass is 19.4. The quantitative estimate of drug-likeness (QED) is 0.729. The normalized spacial score (nSPS) is 12.3. The molecule has 0 saturated heterocycles. The number of hydrogen-bond acceptors (Lipinski definition) is 1. The molecular weight excluding hydrogens is 315 g/mol. The highest BCUT2D eigenvalue weighted by molar-refractivity contribution is 5.61. The first-order valence-electron chi connectivity index (χ1n) is 5.79. The van der Waals surface area contributed by atoms with E-state index in [1.165, 1.54) is 6.07 Å². The van der Waals surface area contributed by atoms with Crippen LogP contribution in [-0.2, 0) is 12.4 Å². The second-order valence-electron chi connectivity index (χ2n) is 4.34. The van der Waals surface area contributed by atoms with Crippen molar-refractivity contribution in [2.45, 2.75) is 12.4 Å². The van der Waals surface area contributed by atoms with Crippen LogP contribution < -0.4 is 5.32 Å². The minimum atomic E-state index is -4.92. The lowest BCUT2D eigenvalue weighted by molar-refractivity contribution is -0.143. The summed E-state index contributed by atoms with van der Waals surface area (Å²) in [5.74, 6) is -0.703. The molecule has 0 atom stereocenters. The molecule has 1 radical (unpaired) electrons. The summed E-state index contributed by atoms with van der Waals surface area (Å²) in [6.07, 6.45) is -9.85. The minimum absolute atomic E-state index is 0.0297. The fourth-order valence-electron chi connectivity index (χ4n) is 1.68. The van der Waals surface area contributed by atoms with Gasteiger partial charge in [0.05, 0.1) is 11.1 Å². The Morgan fingerprint density at radius 3 is 1.73 bits per heavy atom. The Kier molecular flexibility index (Phi) is 4.04. The molecule has 2 aromatic rings. The summed E-state index contributed by atoms with van der Waals surface area (Å²) in [5.41, 5.74) is -3.18. The molecule has 2 rings (SSSR count). The first-order chi connectivity index (χ1) is 10.1. The fraction of sp³-hybridized carbons (Fsp3) is 0.143. The zero-order chi connectivity index (χ0) is 16.5. The number of rotatable bonds is 2. The number of hydrogen-bond donors (Lipinski definition) is 1. The van der Waals surface area contributed by atoms with Crippen molar-refractivity contribution in [3.8, 4) is 0 Å². The first-order valence-corrected chi connectivity index (χ1v) is 5.79. The lowest BCUT2D eigenvalue weighted by Crippen LogP contribution is -2.11. The largest absolute Gasteiger partial charge is 0.416 e. The number of anilines is 2. The zero-order valence-electron chi connectivity index (χ0n) is 10.6. The Bertz CT molecular complexity index is 624. The van der Waals surface area contributed by atoms with Crippen molar-refractivity contribution in [3.05, 3.63) is 59.4 Å². The Labute approximate surface area is 120 Å². The van der Waals surface area contributed by atoms with E-state index >= 15 is 0 Å². The van der Waals surface area contributed by atoms with E-state index in [0.29, 0.717) is 12.1 Å². The molecule has 22 heavy (non-hydrogen) atoms. The van der Waals surface area contributed by atoms with Crippen LogP contribution in [0.3, 0.4) is 0 Å². The van der Waals surface area contributed by atoms with Crippen molar-refractivity contribution in [2.75, 3.05) is 5.32 Å². The molecule has 0 bridgehead atoms. The van der Waals surface area contributed by atoms with Crippen LogP contribution in [0.1, 0.15) is 11.1 Å². The van der Waals surface area contributed by atoms with E-state index in [1.54, 1.807) is 0 Å². The van der Waals surface area contributed by atoms with Gasteiger partial charge in [0.15, 0.2) is 0 Å². The molecule has 0 aliphatic heterocycles. The van der Waals surface area contributed by atoms with E-state index in [9.17, 15) is 30.7 Å². The molecule has 117 valence electrons. The Hall–Kier alpha value is -2.25. The summed E-state index contributed by atoms with van der Waals surface area (Å²) in [6.45, 7) is 0. The van der Waals surface area contributed by atoms with Crippen molar-refractivity contribution in [1.29, 1.82) is 0 Å². The topological polar surface area (TPSA) is 12.0 Å². The van der Waals surface area contributed by atoms with E-state index in [-0.39, 0.29) is 11.8 Å². The number of benzene rings is 2. The average molecular weight is 322 g/mol. The molecule has 0 aliphatic carbocycles. The molecule has 8 heteroatoms. The van der Waals surface area contributed by atoms with Crippen molar-refractivity contribution in [3.63, 3.8) is 0 Å². The molecule has 0 spiro atoms. The van der Waals surface area contributed by atoms with Crippen molar-refractivity contribution in [1.82, 2.24) is 0 Å². The number of nitrogens with one attached hydrogen (secondary N) is 1. The van der Waals surface area contributed by atoms with Gasteiger partial charge in [-0.05, 0) is 36.4 Å². The van der Waals surface area contributed by atoms with Gasteiger partial charge >= 0.3 is 12.4 Å². The van der Waals surface area contributed by atoms with E-state index in [0.717, 1.165) is 12.1 Å². The lowest BCUT2D eigenvalue weighted by atomic mass is 10.1. The van der Waals surface area contributed by atoms with Gasteiger partial charge in [0, 0.05) is 17.4 Å². The summed E-state index contributed by atoms with van der Waals surface area (Å²) in [6, 6.07) is 6.46. The van der Waals surface area contributed by atoms with Gasteiger partial charge in [0.2, 0.25) is 0 Å². The molecule has 1 nitrogen and oxygen atoms in total. The van der Waals surface area contributed by atoms with Crippen molar-refractivity contribution in [2.24, 2.45) is 0 Å². The van der Waals surface area contributed by atoms with Gasteiger partial charge in [0.1, 0.15) is 5.82 Å².